The van der Waals surface area contributed by atoms with Crippen LogP contribution in [-0.2, 0) is 14.3 Å². The minimum absolute atomic E-state index is 0.0304. The summed E-state index contributed by atoms with van der Waals surface area (Å²) in [7, 11) is 0. The third kappa shape index (κ3) is 4.90. The van der Waals surface area contributed by atoms with E-state index in [1.807, 2.05) is 6.92 Å². The number of hydrogen-bond donors (Lipinski definition) is 1. The molecule has 1 aliphatic rings. The molecular weight excluding hydrogens is 388 g/mol. The number of carbonyl (C=O) groups excluding carboxylic acids is 4. The molecule has 0 saturated carbocycles. The molecule has 0 aromatic heterocycles. The molecule has 8 nitrogen and oxygen atoms in total. The summed E-state index contributed by atoms with van der Waals surface area (Å²) in [6, 6.07) is 12.9. The van der Waals surface area contributed by atoms with Crippen molar-refractivity contribution in [3.63, 3.8) is 0 Å². The molecule has 3 amide bonds. The normalized spacial score (nSPS) is 12.6. The van der Waals surface area contributed by atoms with Crippen LogP contribution in [0.25, 0.3) is 0 Å². The van der Waals surface area contributed by atoms with E-state index in [-0.39, 0.29) is 25.5 Å². The van der Waals surface area contributed by atoms with Gasteiger partial charge in [-0.25, -0.2) is 4.79 Å². The summed E-state index contributed by atoms with van der Waals surface area (Å²) in [6.45, 7) is 2.82. The van der Waals surface area contributed by atoms with Crippen molar-refractivity contribution >= 4 is 29.4 Å². The minimum atomic E-state index is -0.517. The van der Waals surface area contributed by atoms with Crippen molar-refractivity contribution in [3.05, 3.63) is 65.2 Å². The number of amides is 3. The van der Waals surface area contributed by atoms with Crippen molar-refractivity contribution in [1.29, 1.82) is 0 Å². The molecule has 2 aromatic carbocycles. The van der Waals surface area contributed by atoms with Gasteiger partial charge in [0.05, 0.1) is 23.3 Å². The summed E-state index contributed by atoms with van der Waals surface area (Å²) >= 11 is 0. The number of hydrogen-bond acceptors (Lipinski definition) is 6. The van der Waals surface area contributed by atoms with E-state index in [2.05, 4.69) is 5.32 Å². The fraction of sp³-hybridized carbons (Fsp3) is 0.273. The van der Waals surface area contributed by atoms with Crippen molar-refractivity contribution < 1.29 is 28.7 Å². The van der Waals surface area contributed by atoms with E-state index >= 15 is 0 Å². The lowest BCUT2D eigenvalue weighted by molar-refractivity contribution is -0.116. The number of benzene rings is 2. The topological polar surface area (TPSA) is 102 Å². The zero-order chi connectivity index (χ0) is 21.5. The zero-order valence-electron chi connectivity index (χ0n) is 16.6. The molecule has 8 heteroatoms. The van der Waals surface area contributed by atoms with Crippen molar-refractivity contribution in [1.82, 2.24) is 4.90 Å². The number of imide groups is 1. The van der Waals surface area contributed by atoms with E-state index in [9.17, 15) is 19.2 Å². The largest absolute Gasteiger partial charge is 0.460 e. The molecule has 0 aliphatic carbocycles. The number of nitrogens with zero attached hydrogens (tertiary/aromatic N) is 1. The molecule has 0 atom stereocenters. The van der Waals surface area contributed by atoms with E-state index in [1.54, 1.807) is 42.5 Å². The van der Waals surface area contributed by atoms with Crippen LogP contribution in [0.2, 0.25) is 0 Å². The van der Waals surface area contributed by atoms with Gasteiger partial charge < -0.3 is 14.8 Å². The predicted octanol–water partition coefficient (Wildman–Crippen LogP) is 2.50. The van der Waals surface area contributed by atoms with Crippen LogP contribution in [0.1, 0.15) is 44.4 Å². The van der Waals surface area contributed by atoms with Crippen LogP contribution >= 0.6 is 0 Å². The van der Waals surface area contributed by atoms with Gasteiger partial charge in [0, 0.05) is 25.3 Å². The van der Waals surface area contributed by atoms with E-state index in [4.69, 9.17) is 9.47 Å². The van der Waals surface area contributed by atoms with Crippen molar-refractivity contribution in [2.45, 2.75) is 13.3 Å². The molecule has 3 rings (SSSR count). The average molecular weight is 410 g/mol. The molecule has 0 fully saturated rings. The zero-order valence-corrected chi connectivity index (χ0v) is 16.6. The Labute approximate surface area is 173 Å². The number of nitrogens with one attached hydrogen (secondary N) is 1. The van der Waals surface area contributed by atoms with Crippen molar-refractivity contribution in [3.8, 4) is 0 Å². The van der Waals surface area contributed by atoms with Gasteiger partial charge in [-0.1, -0.05) is 18.2 Å². The van der Waals surface area contributed by atoms with Gasteiger partial charge in [0.25, 0.3) is 11.8 Å². The third-order valence-corrected chi connectivity index (χ3v) is 4.49. The van der Waals surface area contributed by atoms with Gasteiger partial charge in [0.2, 0.25) is 5.91 Å². The number of carbonyl (C=O) groups is 4. The lowest BCUT2D eigenvalue weighted by Crippen LogP contribution is -2.32. The van der Waals surface area contributed by atoms with Gasteiger partial charge in [-0.3, -0.25) is 19.3 Å². The Kier molecular flexibility index (Phi) is 6.92. The molecule has 1 N–H and O–H groups in total. The van der Waals surface area contributed by atoms with E-state index in [0.29, 0.717) is 35.6 Å². The van der Waals surface area contributed by atoms with Crippen molar-refractivity contribution in [2.24, 2.45) is 0 Å². The first-order chi connectivity index (χ1) is 14.5. The molecule has 0 spiro atoms. The van der Waals surface area contributed by atoms with Crippen molar-refractivity contribution in [2.75, 3.05) is 31.7 Å². The fourth-order valence-electron chi connectivity index (χ4n) is 3.02. The minimum Gasteiger partial charge on any atom is -0.460 e. The first-order valence-corrected chi connectivity index (χ1v) is 9.61. The quantitative estimate of drug-likeness (QED) is 0.387. The van der Waals surface area contributed by atoms with Gasteiger partial charge in [-0.15, -0.1) is 0 Å². The van der Waals surface area contributed by atoms with Crippen LogP contribution in [0.3, 0.4) is 0 Å². The molecule has 1 heterocycles. The molecule has 0 radical (unpaired) electrons. The Balaban J connectivity index is 1.53. The second kappa shape index (κ2) is 9.80. The maximum absolute atomic E-state index is 12.3. The molecular formula is C22H22N2O6. The predicted molar refractivity (Wildman–Crippen MR) is 108 cm³/mol. The number of ether oxygens (including phenoxy) is 2. The second-order valence-corrected chi connectivity index (χ2v) is 6.52. The summed E-state index contributed by atoms with van der Waals surface area (Å²) in [5.74, 6) is -1.70. The molecule has 0 saturated heterocycles. The third-order valence-electron chi connectivity index (χ3n) is 4.49. The number of fused-ring (bicyclic) bond motifs is 1. The summed E-state index contributed by atoms with van der Waals surface area (Å²) in [5, 5.41) is 2.67. The van der Waals surface area contributed by atoms with Crippen LogP contribution in [-0.4, -0.2) is 55.0 Å². The summed E-state index contributed by atoms with van der Waals surface area (Å²) in [4.78, 5) is 50.1. The highest BCUT2D eigenvalue weighted by molar-refractivity contribution is 6.21. The van der Waals surface area contributed by atoms with Gasteiger partial charge in [0.15, 0.2) is 0 Å². The van der Waals surface area contributed by atoms with Gasteiger partial charge >= 0.3 is 5.97 Å². The molecule has 2 aromatic rings. The van der Waals surface area contributed by atoms with Crippen LogP contribution in [0, 0.1) is 0 Å². The summed E-state index contributed by atoms with van der Waals surface area (Å²) in [5.41, 5.74) is 1.41. The smallest absolute Gasteiger partial charge is 0.338 e. The van der Waals surface area contributed by atoms with Crippen LogP contribution in [0.4, 0.5) is 5.69 Å². The van der Waals surface area contributed by atoms with E-state index in [0.717, 1.165) is 4.90 Å². The molecule has 0 bridgehead atoms. The average Bonchev–Trinajstić information content (AvgIpc) is 3.00. The van der Waals surface area contributed by atoms with Crippen LogP contribution in [0.5, 0.6) is 0 Å². The highest BCUT2D eigenvalue weighted by Gasteiger charge is 2.34. The SMILES string of the molecule is CCOCCOC(=O)c1cccc(NC(=O)CCN2C(=O)c3ccccc3C2=O)c1. The molecule has 1 aliphatic heterocycles. The van der Waals surface area contributed by atoms with E-state index < -0.39 is 17.8 Å². The van der Waals surface area contributed by atoms with Crippen LogP contribution in [0.15, 0.2) is 48.5 Å². The maximum atomic E-state index is 12.3. The Morgan fingerprint density at radius 2 is 1.67 bits per heavy atom. The molecule has 0 unspecified atom stereocenters. The first kappa shape index (κ1) is 21.2. The standard InChI is InChI=1S/C22H22N2O6/c1-2-29-12-13-30-22(28)15-6-5-7-16(14-15)23-19(25)10-11-24-20(26)17-8-3-4-9-18(17)21(24)27/h3-9,14H,2,10-13H2,1H3,(H,23,25). The number of anilines is 1. The first-order valence-electron chi connectivity index (χ1n) is 9.61. The van der Waals surface area contributed by atoms with Gasteiger partial charge in [-0.2, -0.15) is 0 Å². The lowest BCUT2D eigenvalue weighted by atomic mass is 10.1. The monoisotopic (exact) mass is 410 g/mol. The fourth-order valence-corrected chi connectivity index (χ4v) is 3.02. The summed E-state index contributed by atoms with van der Waals surface area (Å²) < 4.78 is 10.2. The molecule has 30 heavy (non-hydrogen) atoms. The van der Waals surface area contributed by atoms with Gasteiger partial charge in [-0.05, 0) is 37.3 Å². The Hall–Kier alpha value is -3.52. The second-order valence-electron chi connectivity index (χ2n) is 6.52. The lowest BCUT2D eigenvalue weighted by Gasteiger charge is -2.13. The highest BCUT2D eigenvalue weighted by Crippen LogP contribution is 2.22. The Morgan fingerprint density at radius 1 is 0.967 bits per heavy atom. The summed E-state index contributed by atoms with van der Waals surface area (Å²) in [6.07, 6.45) is -0.0610. The Morgan fingerprint density at radius 3 is 2.33 bits per heavy atom. The highest BCUT2D eigenvalue weighted by atomic mass is 16.6. The molecule has 156 valence electrons. The van der Waals surface area contributed by atoms with E-state index in [1.165, 1.54) is 6.07 Å². The Bertz CT molecular complexity index is 937. The van der Waals surface area contributed by atoms with Gasteiger partial charge in [0.1, 0.15) is 6.61 Å². The maximum Gasteiger partial charge on any atom is 0.338 e. The number of esters is 1. The van der Waals surface area contributed by atoms with Crippen LogP contribution < -0.4 is 5.32 Å². The number of rotatable bonds is 9.